The minimum atomic E-state index is -0.536. The molecule has 0 bridgehead atoms. The second kappa shape index (κ2) is 3.74. The summed E-state index contributed by atoms with van der Waals surface area (Å²) in [5.74, 6) is 0. The fourth-order valence-electron chi connectivity index (χ4n) is 3.38. The van der Waals surface area contributed by atoms with Crippen LogP contribution in [0.15, 0.2) is 30.3 Å². The number of amides is 1. The molecular weight excluding hydrogens is 226 g/mol. The number of hydrogen-bond acceptors (Lipinski definition) is 2. The van der Waals surface area contributed by atoms with Crippen molar-refractivity contribution in [3.8, 4) is 0 Å². The van der Waals surface area contributed by atoms with E-state index in [9.17, 15) is 4.79 Å². The predicted molar refractivity (Wildman–Crippen MR) is 69.2 cm³/mol. The van der Waals surface area contributed by atoms with Crippen LogP contribution in [0, 0.1) is 0 Å². The Morgan fingerprint density at radius 2 is 1.89 bits per heavy atom. The smallest absolute Gasteiger partial charge is 0.411 e. The van der Waals surface area contributed by atoms with E-state index in [0.717, 1.165) is 31.4 Å². The second-order valence-electron chi connectivity index (χ2n) is 5.65. The summed E-state index contributed by atoms with van der Waals surface area (Å²) in [6.45, 7) is 5.02. The number of carbonyl (C=O) groups excluding carboxylic acids is 1. The molecule has 3 nitrogen and oxygen atoms in total. The zero-order chi connectivity index (χ0) is 12.8. The lowest BCUT2D eigenvalue weighted by atomic mass is 9.72. The number of benzene rings is 1. The van der Waals surface area contributed by atoms with E-state index in [1.54, 1.807) is 0 Å². The molecule has 1 aromatic rings. The van der Waals surface area contributed by atoms with Crippen LogP contribution in [0.2, 0.25) is 0 Å². The van der Waals surface area contributed by atoms with Crippen molar-refractivity contribution in [1.29, 1.82) is 0 Å². The van der Waals surface area contributed by atoms with E-state index in [-0.39, 0.29) is 11.6 Å². The Bertz CT molecular complexity index is 473. The Kier molecular flexibility index (Phi) is 2.40. The van der Waals surface area contributed by atoms with Gasteiger partial charge in [0.15, 0.2) is 5.60 Å². The molecule has 2 aliphatic rings. The van der Waals surface area contributed by atoms with Crippen molar-refractivity contribution in [3.05, 3.63) is 35.9 Å². The molecule has 0 aromatic heterocycles. The molecule has 2 saturated heterocycles. The highest BCUT2D eigenvalue weighted by atomic mass is 16.6. The molecule has 0 aliphatic carbocycles. The van der Waals surface area contributed by atoms with Crippen molar-refractivity contribution in [2.24, 2.45) is 0 Å². The van der Waals surface area contributed by atoms with Gasteiger partial charge in [-0.1, -0.05) is 30.3 Å². The summed E-state index contributed by atoms with van der Waals surface area (Å²) in [6.07, 6.45) is 3.08. The zero-order valence-corrected chi connectivity index (χ0v) is 11.0. The third-order valence-electron chi connectivity index (χ3n) is 4.76. The van der Waals surface area contributed by atoms with Gasteiger partial charge in [-0.25, -0.2) is 4.79 Å². The van der Waals surface area contributed by atoms with Gasteiger partial charge in [0.25, 0.3) is 0 Å². The summed E-state index contributed by atoms with van der Waals surface area (Å²) in [6, 6.07) is 10.1. The topological polar surface area (TPSA) is 29.5 Å². The van der Waals surface area contributed by atoms with E-state index in [1.807, 2.05) is 30.0 Å². The van der Waals surface area contributed by atoms with Crippen molar-refractivity contribution >= 4 is 6.09 Å². The van der Waals surface area contributed by atoms with Gasteiger partial charge >= 0.3 is 6.09 Å². The molecule has 0 unspecified atom stereocenters. The Labute approximate surface area is 108 Å². The number of fused-ring (bicyclic) bond motifs is 1. The van der Waals surface area contributed by atoms with Gasteiger partial charge in [-0.05, 0) is 38.7 Å². The van der Waals surface area contributed by atoms with Gasteiger partial charge in [0.2, 0.25) is 0 Å². The summed E-state index contributed by atoms with van der Waals surface area (Å²) in [4.78, 5) is 14.0. The highest BCUT2D eigenvalue weighted by molar-refractivity contribution is 5.73. The fraction of sp³-hybridized carbons (Fsp3) is 0.533. The minimum Gasteiger partial charge on any atom is -0.436 e. The van der Waals surface area contributed by atoms with Gasteiger partial charge in [-0.3, -0.25) is 4.90 Å². The van der Waals surface area contributed by atoms with Crippen molar-refractivity contribution in [2.75, 3.05) is 6.54 Å². The lowest BCUT2D eigenvalue weighted by molar-refractivity contribution is -0.0103. The fourth-order valence-corrected chi connectivity index (χ4v) is 3.38. The van der Waals surface area contributed by atoms with Crippen LogP contribution >= 0.6 is 0 Å². The number of carbonyl (C=O) groups is 1. The lowest BCUT2D eigenvalue weighted by Crippen LogP contribution is -2.55. The number of cyclic esters (lactones) is 1. The van der Waals surface area contributed by atoms with Crippen LogP contribution in [0.1, 0.15) is 38.7 Å². The predicted octanol–water partition coefficient (Wildman–Crippen LogP) is 3.30. The Morgan fingerprint density at radius 1 is 1.17 bits per heavy atom. The maximum Gasteiger partial charge on any atom is 0.411 e. The van der Waals surface area contributed by atoms with Crippen LogP contribution in [0.5, 0.6) is 0 Å². The molecule has 2 atom stereocenters. The highest BCUT2D eigenvalue weighted by Gasteiger charge is 2.60. The van der Waals surface area contributed by atoms with Crippen molar-refractivity contribution in [1.82, 2.24) is 4.90 Å². The molecular formula is C15H19NO2. The molecule has 18 heavy (non-hydrogen) atoms. The number of ether oxygens (including phenoxy) is 1. The first kappa shape index (κ1) is 11.6. The summed E-state index contributed by atoms with van der Waals surface area (Å²) in [5.41, 5.74) is 0.334. The molecule has 2 heterocycles. The van der Waals surface area contributed by atoms with E-state index in [0.29, 0.717) is 0 Å². The van der Waals surface area contributed by atoms with Gasteiger partial charge in [-0.15, -0.1) is 0 Å². The van der Waals surface area contributed by atoms with E-state index in [1.165, 1.54) is 0 Å². The van der Waals surface area contributed by atoms with Gasteiger partial charge < -0.3 is 4.74 Å². The Morgan fingerprint density at radius 3 is 2.61 bits per heavy atom. The van der Waals surface area contributed by atoms with Crippen LogP contribution in [0.4, 0.5) is 4.79 Å². The van der Waals surface area contributed by atoms with Crippen LogP contribution in [-0.2, 0) is 10.3 Å². The van der Waals surface area contributed by atoms with Crippen LogP contribution in [0.3, 0.4) is 0 Å². The lowest BCUT2D eigenvalue weighted by Gasteiger charge is -2.45. The molecule has 0 radical (unpaired) electrons. The number of hydrogen-bond donors (Lipinski definition) is 0. The first-order valence-corrected chi connectivity index (χ1v) is 6.64. The zero-order valence-electron chi connectivity index (χ0n) is 11.0. The van der Waals surface area contributed by atoms with Crippen molar-refractivity contribution in [2.45, 2.75) is 44.2 Å². The van der Waals surface area contributed by atoms with Gasteiger partial charge in [0, 0.05) is 6.54 Å². The van der Waals surface area contributed by atoms with Gasteiger partial charge in [0.1, 0.15) is 0 Å². The summed E-state index contributed by atoms with van der Waals surface area (Å²) in [7, 11) is 0. The molecule has 2 fully saturated rings. The van der Waals surface area contributed by atoms with Crippen LogP contribution in [-0.4, -0.2) is 23.1 Å². The number of nitrogens with zero attached hydrogens (tertiary/aromatic N) is 1. The standard InChI is InChI=1S/C15H19NO2/c1-14-10-6-7-11-16(14)13(17)18-15(14,2)12-8-4-3-5-9-12/h3-5,8-9H,6-7,10-11H2,1-2H3/t14-,15+/m0/s1. The molecule has 2 aliphatic heterocycles. The number of rotatable bonds is 1. The monoisotopic (exact) mass is 245 g/mol. The van der Waals surface area contributed by atoms with E-state index in [4.69, 9.17) is 4.74 Å². The van der Waals surface area contributed by atoms with Crippen LogP contribution in [0.25, 0.3) is 0 Å². The Balaban J connectivity index is 2.09. The highest BCUT2D eigenvalue weighted by Crippen LogP contribution is 2.50. The molecule has 96 valence electrons. The Hall–Kier alpha value is -1.51. The molecule has 1 aromatic carbocycles. The summed E-state index contributed by atoms with van der Waals surface area (Å²) >= 11 is 0. The largest absolute Gasteiger partial charge is 0.436 e. The van der Waals surface area contributed by atoms with E-state index >= 15 is 0 Å². The van der Waals surface area contributed by atoms with Gasteiger partial charge in [-0.2, -0.15) is 0 Å². The molecule has 3 rings (SSSR count). The molecule has 0 saturated carbocycles. The molecule has 0 spiro atoms. The quantitative estimate of drug-likeness (QED) is 0.759. The van der Waals surface area contributed by atoms with Crippen LogP contribution < -0.4 is 0 Å². The van der Waals surface area contributed by atoms with E-state index < -0.39 is 5.60 Å². The average molecular weight is 245 g/mol. The third kappa shape index (κ3) is 1.33. The summed E-state index contributed by atoms with van der Waals surface area (Å²) in [5, 5.41) is 0. The molecule has 1 amide bonds. The maximum atomic E-state index is 12.1. The van der Waals surface area contributed by atoms with Gasteiger partial charge in [0.05, 0.1) is 5.54 Å². The first-order valence-electron chi connectivity index (χ1n) is 6.64. The first-order chi connectivity index (χ1) is 8.58. The SMILES string of the molecule is C[C@]1(c2ccccc2)OC(=O)N2CCCC[C@]21C. The van der Waals surface area contributed by atoms with E-state index in [2.05, 4.69) is 19.1 Å². The maximum absolute atomic E-state index is 12.1. The normalized spacial score (nSPS) is 35.2. The molecule has 3 heteroatoms. The minimum absolute atomic E-state index is 0.163. The van der Waals surface area contributed by atoms with Crippen molar-refractivity contribution < 1.29 is 9.53 Å². The molecule has 0 N–H and O–H groups in total. The second-order valence-corrected chi connectivity index (χ2v) is 5.65. The van der Waals surface area contributed by atoms with Crippen molar-refractivity contribution in [3.63, 3.8) is 0 Å². The average Bonchev–Trinajstić information content (AvgIpc) is 2.60. The number of piperidine rings is 1. The third-order valence-corrected chi connectivity index (χ3v) is 4.76. The summed E-state index contributed by atoms with van der Waals surface area (Å²) < 4.78 is 5.77.